The second-order valence-corrected chi connectivity index (χ2v) is 16.6. The first-order valence-electron chi connectivity index (χ1n) is 11.2. The Morgan fingerprint density at radius 3 is 2.29 bits per heavy atom. The van der Waals surface area contributed by atoms with Gasteiger partial charge in [0.25, 0.3) is 0 Å². The molecule has 0 saturated heterocycles. The van der Waals surface area contributed by atoms with E-state index in [2.05, 4.69) is 45.0 Å². The fraction of sp³-hybridized carbons (Fsp3) is 0.400. The lowest BCUT2D eigenvalue weighted by molar-refractivity contribution is 0.276. The van der Waals surface area contributed by atoms with Crippen LogP contribution in [-0.2, 0) is 28.3 Å². The highest BCUT2D eigenvalue weighted by atomic mass is 31.2. The molecular formula is C25H35N2O5PSi. The van der Waals surface area contributed by atoms with Crippen molar-refractivity contribution in [3.8, 4) is 17.0 Å². The van der Waals surface area contributed by atoms with Crippen molar-refractivity contribution < 1.29 is 23.5 Å². The van der Waals surface area contributed by atoms with Crippen LogP contribution in [0.3, 0.4) is 0 Å². The van der Waals surface area contributed by atoms with Gasteiger partial charge in [-0.25, -0.2) is 0 Å². The molecule has 0 bridgehead atoms. The van der Waals surface area contributed by atoms with Crippen molar-refractivity contribution >= 4 is 15.9 Å². The van der Waals surface area contributed by atoms with Gasteiger partial charge in [0.1, 0.15) is 5.75 Å². The highest BCUT2D eigenvalue weighted by molar-refractivity contribution is 7.50. The Labute approximate surface area is 203 Å². The van der Waals surface area contributed by atoms with E-state index in [0.29, 0.717) is 18.8 Å². The van der Waals surface area contributed by atoms with Gasteiger partial charge in [0.2, 0.25) is 0 Å². The van der Waals surface area contributed by atoms with Crippen molar-refractivity contribution in [3.63, 3.8) is 0 Å². The molecule has 184 valence electrons. The average molecular weight is 503 g/mol. The molecule has 0 amide bonds. The number of methoxy groups -OCH3 is 1. The van der Waals surface area contributed by atoms with Crippen LogP contribution in [0.15, 0.2) is 54.6 Å². The van der Waals surface area contributed by atoms with Gasteiger partial charge >= 0.3 is 7.60 Å². The first-order valence-corrected chi connectivity index (χ1v) is 16.0. The first kappa shape index (κ1) is 26.4. The van der Waals surface area contributed by atoms with E-state index in [9.17, 15) is 14.4 Å². The summed E-state index contributed by atoms with van der Waals surface area (Å²) < 4.78 is 25.0. The van der Waals surface area contributed by atoms with E-state index >= 15 is 0 Å². The first-order chi connectivity index (χ1) is 15.8. The number of hydrogen-bond acceptors (Lipinski definition) is 4. The standard InChI is InChI=1S/C25H35N2O5PSi/c1-25(2,3)34(5,6)32-17-20-8-7-9-21(14-20)24-15-22(18-33(28,29)30)26-27(24)16-19-10-12-23(31-4)13-11-19/h7-15H,16-18H2,1-6H3,(H2,28,29,30). The maximum atomic E-state index is 11.6. The zero-order chi connectivity index (χ0) is 25.1. The van der Waals surface area contributed by atoms with Gasteiger partial charge in [0.05, 0.1) is 37.8 Å². The van der Waals surface area contributed by atoms with Crippen molar-refractivity contribution in [2.24, 2.45) is 0 Å². The Morgan fingerprint density at radius 1 is 1.03 bits per heavy atom. The third-order valence-corrected chi connectivity index (χ3v) is 11.5. The van der Waals surface area contributed by atoms with Gasteiger partial charge in [-0.2, -0.15) is 5.10 Å². The summed E-state index contributed by atoms with van der Waals surface area (Å²) in [6.45, 7) is 12.1. The minimum Gasteiger partial charge on any atom is -0.497 e. The van der Waals surface area contributed by atoms with Gasteiger partial charge < -0.3 is 18.9 Å². The molecule has 0 fully saturated rings. The van der Waals surface area contributed by atoms with Crippen molar-refractivity contribution in [2.75, 3.05) is 7.11 Å². The molecule has 0 aliphatic heterocycles. The normalized spacial score (nSPS) is 12.7. The summed E-state index contributed by atoms with van der Waals surface area (Å²) in [6.07, 6.45) is -0.399. The molecule has 0 radical (unpaired) electrons. The summed E-state index contributed by atoms with van der Waals surface area (Å²) in [5.74, 6) is 0.765. The molecule has 0 aliphatic rings. The Bertz CT molecular complexity index is 1160. The Balaban J connectivity index is 1.92. The number of hydrogen-bond donors (Lipinski definition) is 2. The monoisotopic (exact) mass is 502 g/mol. The minimum atomic E-state index is -4.24. The molecule has 1 aromatic heterocycles. The maximum Gasteiger partial charge on any atom is 0.331 e. The Hall–Kier alpha value is -2.22. The second-order valence-electron chi connectivity index (χ2n) is 10.1. The smallest absolute Gasteiger partial charge is 0.331 e. The topological polar surface area (TPSA) is 93.8 Å². The highest BCUT2D eigenvalue weighted by Crippen LogP contribution is 2.40. The third-order valence-electron chi connectivity index (χ3n) is 6.32. The number of nitrogens with zero attached hydrogens (tertiary/aromatic N) is 2. The van der Waals surface area contributed by atoms with Gasteiger partial charge in [-0.05, 0) is 53.5 Å². The summed E-state index contributed by atoms with van der Waals surface area (Å²) >= 11 is 0. The quantitative estimate of drug-likeness (QED) is 0.283. The molecule has 9 heteroatoms. The fourth-order valence-corrected chi connectivity index (χ4v) is 4.85. The van der Waals surface area contributed by atoms with E-state index in [0.717, 1.165) is 28.1 Å². The molecule has 1 heterocycles. The average Bonchev–Trinajstić information content (AvgIpc) is 3.12. The SMILES string of the molecule is COc1ccc(Cn2nc(CP(=O)(O)O)cc2-c2cccc(CO[Si](C)(C)C(C)(C)C)c2)cc1. The van der Waals surface area contributed by atoms with Crippen molar-refractivity contribution in [1.29, 1.82) is 0 Å². The van der Waals surface area contributed by atoms with Gasteiger partial charge in [-0.3, -0.25) is 9.25 Å². The maximum absolute atomic E-state index is 11.6. The van der Waals surface area contributed by atoms with Crippen LogP contribution in [-0.4, -0.2) is 35.0 Å². The predicted molar refractivity (Wildman–Crippen MR) is 137 cm³/mol. The van der Waals surface area contributed by atoms with Crippen molar-refractivity contribution in [1.82, 2.24) is 9.78 Å². The molecule has 7 nitrogen and oxygen atoms in total. The number of rotatable bonds is 9. The summed E-state index contributed by atoms with van der Waals surface area (Å²) in [4.78, 5) is 19.0. The fourth-order valence-electron chi connectivity index (χ4n) is 3.32. The van der Waals surface area contributed by atoms with Gasteiger partial charge in [-0.1, -0.05) is 51.1 Å². The van der Waals surface area contributed by atoms with Crippen LogP contribution in [0, 0.1) is 0 Å². The molecule has 0 unspecified atom stereocenters. The number of ether oxygens (including phenoxy) is 1. The van der Waals surface area contributed by atoms with E-state index < -0.39 is 22.1 Å². The van der Waals surface area contributed by atoms with Crippen LogP contribution in [0.5, 0.6) is 5.75 Å². The molecular weight excluding hydrogens is 467 g/mol. The molecule has 0 saturated carbocycles. The minimum absolute atomic E-state index is 0.124. The molecule has 3 aromatic rings. The predicted octanol–water partition coefficient (Wildman–Crippen LogP) is 5.81. The van der Waals surface area contributed by atoms with Gasteiger partial charge in [0, 0.05) is 5.56 Å². The molecule has 2 N–H and O–H groups in total. The van der Waals surface area contributed by atoms with Crippen LogP contribution >= 0.6 is 7.60 Å². The summed E-state index contributed by atoms with van der Waals surface area (Å²) in [7, 11) is -4.51. The summed E-state index contributed by atoms with van der Waals surface area (Å²) in [6, 6.07) is 17.5. The summed E-state index contributed by atoms with van der Waals surface area (Å²) in [5.41, 5.74) is 4.14. The third kappa shape index (κ3) is 6.90. The van der Waals surface area contributed by atoms with Crippen molar-refractivity contribution in [3.05, 3.63) is 71.4 Å². The second kappa shape index (κ2) is 10.2. The van der Waals surface area contributed by atoms with Crippen LogP contribution in [0.25, 0.3) is 11.3 Å². The van der Waals surface area contributed by atoms with E-state index in [1.54, 1.807) is 17.9 Å². The zero-order valence-corrected chi connectivity index (χ0v) is 22.7. The number of aromatic nitrogens is 2. The van der Waals surface area contributed by atoms with E-state index in [-0.39, 0.29) is 5.04 Å². The van der Waals surface area contributed by atoms with Gasteiger partial charge in [0.15, 0.2) is 8.32 Å². The lowest BCUT2D eigenvalue weighted by Gasteiger charge is -2.36. The Morgan fingerprint density at radius 2 is 1.71 bits per heavy atom. The van der Waals surface area contributed by atoms with Crippen molar-refractivity contribution in [2.45, 2.75) is 58.2 Å². The molecule has 2 aromatic carbocycles. The van der Waals surface area contributed by atoms with Crippen LogP contribution in [0.1, 0.15) is 37.6 Å². The largest absolute Gasteiger partial charge is 0.497 e. The van der Waals surface area contributed by atoms with E-state index in [4.69, 9.17) is 9.16 Å². The van der Waals surface area contributed by atoms with E-state index in [1.165, 1.54) is 0 Å². The van der Waals surface area contributed by atoms with Crippen LogP contribution in [0.4, 0.5) is 0 Å². The van der Waals surface area contributed by atoms with Crippen LogP contribution in [0.2, 0.25) is 18.1 Å². The molecule has 0 aliphatic carbocycles. The molecule has 3 rings (SSSR count). The van der Waals surface area contributed by atoms with Crippen LogP contribution < -0.4 is 4.74 Å². The number of benzene rings is 2. The van der Waals surface area contributed by atoms with Gasteiger partial charge in [-0.15, -0.1) is 0 Å². The zero-order valence-electron chi connectivity index (χ0n) is 20.8. The lowest BCUT2D eigenvalue weighted by Crippen LogP contribution is -2.40. The lowest BCUT2D eigenvalue weighted by atomic mass is 10.1. The summed E-state index contributed by atoms with van der Waals surface area (Å²) in [5, 5.41) is 4.65. The Kier molecular flexibility index (Phi) is 7.90. The van der Waals surface area contributed by atoms with E-state index in [1.807, 2.05) is 42.5 Å². The molecule has 34 heavy (non-hydrogen) atoms. The molecule has 0 spiro atoms. The highest BCUT2D eigenvalue weighted by Gasteiger charge is 2.37. The molecule has 0 atom stereocenters.